The topological polar surface area (TPSA) is 77.5 Å². The highest BCUT2D eigenvalue weighted by Gasteiger charge is 2.25. The number of hydrogen-bond donors (Lipinski definition) is 1. The fraction of sp³-hybridized carbons (Fsp3) is 0.562. The van der Waals surface area contributed by atoms with Crippen molar-refractivity contribution in [2.24, 2.45) is 0 Å². The molecular weight excluding hydrogens is 391 g/mol. The lowest BCUT2D eigenvalue weighted by Gasteiger charge is -2.16. The van der Waals surface area contributed by atoms with Crippen molar-refractivity contribution >= 4 is 52.9 Å². The van der Waals surface area contributed by atoms with Crippen LogP contribution in [0.15, 0.2) is 0 Å². The third-order valence-corrected chi connectivity index (χ3v) is 3.83. The summed E-state index contributed by atoms with van der Waals surface area (Å²) in [5.74, 6) is 0. The van der Waals surface area contributed by atoms with Gasteiger partial charge in [-0.3, -0.25) is 10.1 Å². The van der Waals surface area contributed by atoms with E-state index in [1.165, 1.54) is 0 Å². The van der Waals surface area contributed by atoms with E-state index >= 15 is 0 Å². The molecule has 1 amide bonds. The third kappa shape index (κ3) is 6.98. The minimum Gasteiger partial charge on any atom is -0.445 e. The van der Waals surface area contributed by atoms with E-state index in [2.05, 4.69) is 15.0 Å². The van der Waals surface area contributed by atoms with Crippen LogP contribution in [0.25, 0.3) is 0 Å². The van der Waals surface area contributed by atoms with E-state index in [1.807, 2.05) is 6.92 Å². The number of carbonyl (C=O) groups excluding carboxylic acids is 2. The minimum atomic E-state index is -1.67. The number of methoxy groups -OCH3 is 1. The number of rotatable bonds is 4. The van der Waals surface area contributed by atoms with Crippen LogP contribution in [0.5, 0.6) is 0 Å². The molecular formula is C16H21Cl3N2O4. The van der Waals surface area contributed by atoms with E-state index in [-0.39, 0.29) is 6.61 Å². The zero-order valence-corrected chi connectivity index (χ0v) is 16.6. The summed E-state index contributed by atoms with van der Waals surface area (Å²) in [5.41, 5.74) is 3.25. The zero-order chi connectivity index (χ0) is 19.0. The first-order valence-corrected chi connectivity index (χ1v) is 8.83. The average Bonchev–Trinajstić information content (AvgIpc) is 3.03. The van der Waals surface area contributed by atoms with E-state index in [0.717, 1.165) is 37.1 Å². The summed E-state index contributed by atoms with van der Waals surface area (Å²) in [6.07, 6.45) is 2.45. The largest absolute Gasteiger partial charge is 0.445 e. The zero-order valence-electron chi connectivity index (χ0n) is 14.3. The summed E-state index contributed by atoms with van der Waals surface area (Å²) >= 11 is 16.6. The van der Waals surface area contributed by atoms with Gasteiger partial charge in [0.25, 0.3) is 0 Å². The second kappa shape index (κ2) is 10.2. The molecule has 1 heterocycles. The number of nitrogens with zero attached hydrogens (tertiary/aromatic N) is 1. The molecule has 0 fully saturated rings. The molecule has 0 saturated heterocycles. The Kier molecular flexibility index (Phi) is 8.93. The predicted molar refractivity (Wildman–Crippen MR) is 99.2 cm³/mol. The van der Waals surface area contributed by atoms with Crippen LogP contribution in [0.2, 0.25) is 0 Å². The summed E-state index contributed by atoms with van der Waals surface area (Å²) in [6.45, 7) is 4.14. The number of carbonyl (C=O) groups is 2. The fourth-order valence-electron chi connectivity index (χ4n) is 2.27. The molecule has 0 radical (unpaired) electrons. The van der Waals surface area contributed by atoms with Crippen molar-refractivity contribution in [3.8, 4) is 0 Å². The number of halogens is 3. The maximum Gasteiger partial charge on any atom is 0.411 e. The van der Waals surface area contributed by atoms with Crippen molar-refractivity contribution in [3.05, 3.63) is 22.5 Å². The summed E-state index contributed by atoms with van der Waals surface area (Å²) in [4.78, 5) is 27.2. The molecule has 0 aromatic carbocycles. The summed E-state index contributed by atoms with van der Waals surface area (Å²) in [7, 11) is 1.68. The lowest BCUT2D eigenvalue weighted by molar-refractivity contribution is 0.111. The number of hydrogen-bond acceptors (Lipinski definition) is 5. The lowest BCUT2D eigenvalue weighted by atomic mass is 10.1. The molecule has 6 nitrogen and oxygen atoms in total. The Balaban J connectivity index is 0.000000705. The van der Waals surface area contributed by atoms with Gasteiger partial charge in [-0.05, 0) is 38.7 Å². The van der Waals surface area contributed by atoms with Gasteiger partial charge in [0, 0.05) is 25.0 Å². The second-order valence-electron chi connectivity index (χ2n) is 5.29. The number of amides is 1. The third-order valence-electron chi connectivity index (χ3n) is 3.50. The van der Waals surface area contributed by atoms with Gasteiger partial charge in [-0.2, -0.15) is 0 Å². The van der Waals surface area contributed by atoms with Crippen LogP contribution in [0, 0.1) is 6.92 Å². The van der Waals surface area contributed by atoms with E-state index in [4.69, 9.17) is 39.5 Å². The number of fused-ring (bicyclic) bond motifs is 1. The Hall–Kier alpha value is -1.08. The van der Waals surface area contributed by atoms with Crippen molar-refractivity contribution < 1.29 is 19.1 Å². The molecule has 1 aromatic heterocycles. The van der Waals surface area contributed by atoms with Crippen molar-refractivity contribution in [2.75, 3.05) is 25.6 Å². The van der Waals surface area contributed by atoms with Gasteiger partial charge in [0.05, 0.1) is 5.69 Å². The van der Waals surface area contributed by atoms with Gasteiger partial charge in [0.15, 0.2) is 6.29 Å². The van der Waals surface area contributed by atoms with Gasteiger partial charge in [-0.1, -0.05) is 34.8 Å². The molecule has 1 aliphatic carbocycles. The Bertz CT molecular complexity index is 616. The number of aromatic nitrogens is 1. The number of anilines is 1. The molecule has 1 aliphatic rings. The molecule has 140 valence electrons. The Morgan fingerprint density at radius 3 is 2.52 bits per heavy atom. The van der Waals surface area contributed by atoms with Gasteiger partial charge >= 0.3 is 6.09 Å². The first-order valence-electron chi connectivity index (χ1n) is 7.70. The fourth-order valence-corrected chi connectivity index (χ4v) is 2.44. The molecule has 0 aliphatic heterocycles. The van der Waals surface area contributed by atoms with Crippen molar-refractivity contribution in [1.82, 2.24) is 4.98 Å². The molecule has 25 heavy (non-hydrogen) atoms. The number of aryl methyl sites for hydroxylation is 1. The second-order valence-corrected chi connectivity index (χ2v) is 7.80. The number of nitrogens with one attached hydrogen (secondary N) is 1. The van der Waals surface area contributed by atoms with E-state index in [0.29, 0.717) is 23.2 Å². The summed E-state index contributed by atoms with van der Waals surface area (Å²) < 4.78 is 7.72. The average molecular weight is 412 g/mol. The van der Waals surface area contributed by atoms with Gasteiger partial charge in [0.1, 0.15) is 12.3 Å². The molecule has 1 aromatic rings. The number of ether oxygens (including phenoxy) is 2. The van der Waals surface area contributed by atoms with Crippen LogP contribution < -0.4 is 5.32 Å². The maximum absolute atomic E-state index is 11.8. The molecule has 0 bridgehead atoms. The van der Waals surface area contributed by atoms with Crippen LogP contribution in [0.3, 0.4) is 0 Å². The minimum absolute atomic E-state index is 0.312. The highest BCUT2D eigenvalue weighted by Crippen LogP contribution is 2.32. The Morgan fingerprint density at radius 1 is 1.36 bits per heavy atom. The Morgan fingerprint density at radius 2 is 2.00 bits per heavy atom. The summed E-state index contributed by atoms with van der Waals surface area (Å²) in [6, 6.07) is 0. The van der Waals surface area contributed by atoms with Gasteiger partial charge < -0.3 is 9.47 Å². The molecule has 1 N–H and O–H groups in total. The molecule has 0 saturated carbocycles. The SMILES string of the molecule is CCOC.Cc1c(C=O)nc2c(c1NC(=O)OCC(Cl)(Cl)Cl)CCC2. The first-order chi connectivity index (χ1) is 11.7. The van der Waals surface area contributed by atoms with Crippen molar-refractivity contribution in [1.29, 1.82) is 0 Å². The highest BCUT2D eigenvalue weighted by atomic mass is 35.6. The van der Waals surface area contributed by atoms with Gasteiger partial charge in [-0.15, -0.1) is 0 Å². The maximum atomic E-state index is 11.8. The van der Waals surface area contributed by atoms with E-state index in [9.17, 15) is 9.59 Å². The van der Waals surface area contributed by atoms with Crippen LogP contribution in [-0.4, -0.2) is 41.5 Å². The van der Waals surface area contributed by atoms with Crippen LogP contribution in [-0.2, 0) is 22.3 Å². The van der Waals surface area contributed by atoms with Gasteiger partial charge in [0.2, 0.25) is 3.79 Å². The molecule has 0 atom stereocenters. The van der Waals surface area contributed by atoms with Crippen LogP contribution in [0.4, 0.5) is 10.5 Å². The quantitative estimate of drug-likeness (QED) is 0.591. The normalized spacial score (nSPS) is 12.7. The number of alkyl halides is 3. The molecule has 0 spiro atoms. The summed E-state index contributed by atoms with van der Waals surface area (Å²) in [5, 5.41) is 2.62. The number of pyridine rings is 1. The molecule has 0 unspecified atom stereocenters. The van der Waals surface area contributed by atoms with Crippen molar-refractivity contribution in [3.63, 3.8) is 0 Å². The van der Waals surface area contributed by atoms with E-state index in [1.54, 1.807) is 14.0 Å². The predicted octanol–water partition coefficient (Wildman–Crippen LogP) is 4.26. The Labute approximate surface area is 162 Å². The smallest absolute Gasteiger partial charge is 0.411 e. The highest BCUT2D eigenvalue weighted by molar-refractivity contribution is 6.67. The molecule has 2 rings (SSSR count). The number of aldehydes is 1. The van der Waals surface area contributed by atoms with Crippen LogP contribution >= 0.6 is 34.8 Å². The molecule has 9 heteroatoms. The van der Waals surface area contributed by atoms with Crippen molar-refractivity contribution in [2.45, 2.75) is 36.9 Å². The van der Waals surface area contributed by atoms with E-state index < -0.39 is 9.89 Å². The van der Waals surface area contributed by atoms with Crippen LogP contribution in [0.1, 0.15) is 40.7 Å². The van der Waals surface area contributed by atoms with Gasteiger partial charge in [-0.25, -0.2) is 9.78 Å². The standard InChI is InChI=1S/C13H13Cl3N2O3.C3H8O/c1-7-10(5-19)17-9-4-2-3-8(9)11(7)18-12(20)21-6-13(14,15)16;1-3-4-2/h5H,2-4,6H2,1H3,(H,17,18,20);3H2,1-2H3. The lowest BCUT2D eigenvalue weighted by Crippen LogP contribution is -2.22. The first kappa shape index (κ1) is 22.0. The monoisotopic (exact) mass is 410 g/mol.